The van der Waals surface area contributed by atoms with Gasteiger partial charge in [-0.2, -0.15) is 0 Å². The summed E-state index contributed by atoms with van der Waals surface area (Å²) in [5, 5.41) is 0. The van der Waals surface area contributed by atoms with E-state index in [1.54, 1.807) is 0 Å². The minimum absolute atomic E-state index is 0.206. The molecule has 5 nitrogen and oxygen atoms in total. The van der Waals surface area contributed by atoms with Gasteiger partial charge in [0.05, 0.1) is 17.6 Å². The standard InChI is InChI=1S/C23H27N5/c1-23(2,25-3)18-12-10-17(11-13-18)15-28-21-9-5-4-8-20(21)26-22(28)27-14-6-7-19(24)16-27/h4-5,8-13,19H,6-7,14-16,24H2,1-2H3/t19-/m1/s1. The maximum Gasteiger partial charge on any atom is 0.252 e. The second-order valence-corrected chi connectivity index (χ2v) is 8.20. The van der Waals surface area contributed by atoms with Crippen LogP contribution in [0.4, 0.5) is 5.95 Å². The Kier molecular flexibility index (Phi) is 4.82. The van der Waals surface area contributed by atoms with Gasteiger partial charge in [0, 0.05) is 38.5 Å². The lowest BCUT2D eigenvalue weighted by molar-refractivity contribution is 0.495. The number of hydrogen-bond acceptors (Lipinski definition) is 3. The van der Waals surface area contributed by atoms with Crippen LogP contribution in [0.25, 0.3) is 15.9 Å². The molecule has 28 heavy (non-hydrogen) atoms. The van der Waals surface area contributed by atoms with Gasteiger partial charge in [0.25, 0.3) is 5.54 Å². The SMILES string of the molecule is [C-]#[N+]C(C)(C)c1ccc(Cn2c(N3CCC[C@@H](N)C3)nc3ccccc32)cc1. The van der Waals surface area contributed by atoms with E-state index in [1.165, 1.54) is 5.56 Å². The van der Waals surface area contributed by atoms with Gasteiger partial charge >= 0.3 is 0 Å². The lowest BCUT2D eigenvalue weighted by Gasteiger charge is -2.32. The molecule has 2 aromatic carbocycles. The summed E-state index contributed by atoms with van der Waals surface area (Å²) in [6, 6.07) is 16.9. The fraction of sp³-hybridized carbons (Fsp3) is 0.391. The number of aromatic nitrogens is 2. The summed E-state index contributed by atoms with van der Waals surface area (Å²) in [5.74, 6) is 1.00. The number of nitrogens with two attached hydrogens (primary N) is 1. The van der Waals surface area contributed by atoms with Gasteiger partial charge in [0.15, 0.2) is 0 Å². The molecule has 1 aliphatic heterocycles. The Labute approximate surface area is 166 Å². The van der Waals surface area contributed by atoms with Crippen LogP contribution in [0.3, 0.4) is 0 Å². The molecule has 0 aliphatic carbocycles. The molecule has 144 valence electrons. The molecular weight excluding hydrogens is 346 g/mol. The van der Waals surface area contributed by atoms with Crippen molar-refractivity contribution in [2.24, 2.45) is 5.73 Å². The van der Waals surface area contributed by atoms with E-state index in [0.717, 1.165) is 55.0 Å². The molecule has 1 aliphatic rings. The van der Waals surface area contributed by atoms with Crippen molar-refractivity contribution < 1.29 is 0 Å². The number of piperidine rings is 1. The molecule has 0 bridgehead atoms. The third-order valence-electron chi connectivity index (χ3n) is 5.66. The molecule has 1 fully saturated rings. The van der Waals surface area contributed by atoms with Crippen molar-refractivity contribution in [3.8, 4) is 0 Å². The Balaban J connectivity index is 1.70. The molecule has 1 aromatic heterocycles. The number of rotatable bonds is 4. The first-order valence-electron chi connectivity index (χ1n) is 9.92. The molecule has 3 aromatic rings. The first kappa shape index (κ1) is 18.5. The van der Waals surface area contributed by atoms with Crippen molar-refractivity contribution in [1.29, 1.82) is 0 Å². The number of anilines is 1. The minimum atomic E-state index is -0.491. The zero-order chi connectivity index (χ0) is 19.7. The quantitative estimate of drug-likeness (QED) is 0.699. The number of benzene rings is 2. The van der Waals surface area contributed by atoms with E-state index in [0.29, 0.717) is 0 Å². The fourth-order valence-corrected chi connectivity index (χ4v) is 3.92. The van der Waals surface area contributed by atoms with Gasteiger partial charge < -0.3 is 20.0 Å². The number of imidazole rings is 1. The van der Waals surface area contributed by atoms with Crippen LogP contribution in [0.5, 0.6) is 0 Å². The number of fused-ring (bicyclic) bond motifs is 1. The van der Waals surface area contributed by atoms with Crippen molar-refractivity contribution in [3.05, 3.63) is 71.1 Å². The Morgan fingerprint density at radius 3 is 2.64 bits per heavy atom. The second-order valence-electron chi connectivity index (χ2n) is 8.20. The topological polar surface area (TPSA) is 51.4 Å². The van der Waals surface area contributed by atoms with E-state index in [2.05, 4.69) is 56.8 Å². The summed E-state index contributed by atoms with van der Waals surface area (Å²) < 4.78 is 2.29. The summed E-state index contributed by atoms with van der Waals surface area (Å²) in [6.07, 6.45) is 2.18. The molecule has 2 N–H and O–H groups in total. The monoisotopic (exact) mass is 373 g/mol. The maximum atomic E-state index is 7.40. The van der Waals surface area contributed by atoms with Gasteiger partial charge in [-0.25, -0.2) is 11.6 Å². The molecule has 0 radical (unpaired) electrons. The first-order valence-corrected chi connectivity index (χ1v) is 9.92. The number of nitrogens with zero attached hydrogens (tertiary/aromatic N) is 4. The Hall–Kier alpha value is -2.84. The zero-order valence-corrected chi connectivity index (χ0v) is 16.6. The zero-order valence-electron chi connectivity index (χ0n) is 16.6. The highest BCUT2D eigenvalue weighted by Gasteiger charge is 2.26. The van der Waals surface area contributed by atoms with Crippen molar-refractivity contribution in [2.75, 3.05) is 18.0 Å². The lowest BCUT2D eigenvalue weighted by atomic mass is 9.94. The maximum absolute atomic E-state index is 7.40. The lowest BCUT2D eigenvalue weighted by Crippen LogP contribution is -2.44. The molecule has 0 amide bonds. The third kappa shape index (κ3) is 3.48. The molecule has 1 saturated heterocycles. The molecule has 0 saturated carbocycles. The van der Waals surface area contributed by atoms with Crippen molar-refractivity contribution in [1.82, 2.24) is 9.55 Å². The first-order chi connectivity index (χ1) is 13.5. The van der Waals surface area contributed by atoms with Crippen molar-refractivity contribution in [2.45, 2.75) is 44.8 Å². The predicted molar refractivity (Wildman–Crippen MR) is 114 cm³/mol. The van der Waals surface area contributed by atoms with Crippen LogP contribution in [-0.2, 0) is 12.1 Å². The number of para-hydroxylation sites is 2. The second kappa shape index (κ2) is 7.29. The van der Waals surface area contributed by atoms with Gasteiger partial charge in [-0.15, -0.1) is 0 Å². The van der Waals surface area contributed by atoms with E-state index >= 15 is 0 Å². The third-order valence-corrected chi connectivity index (χ3v) is 5.66. The molecule has 2 heterocycles. The highest BCUT2D eigenvalue weighted by molar-refractivity contribution is 5.79. The summed E-state index contributed by atoms with van der Waals surface area (Å²) in [7, 11) is 0. The van der Waals surface area contributed by atoms with Gasteiger partial charge in [-0.1, -0.05) is 36.4 Å². The van der Waals surface area contributed by atoms with Gasteiger partial charge in [-0.05, 0) is 30.5 Å². The van der Waals surface area contributed by atoms with Gasteiger partial charge in [-0.3, -0.25) is 0 Å². The van der Waals surface area contributed by atoms with Crippen LogP contribution in [0.1, 0.15) is 37.8 Å². The molecule has 0 spiro atoms. The van der Waals surface area contributed by atoms with Crippen LogP contribution in [0, 0.1) is 6.57 Å². The van der Waals surface area contributed by atoms with Crippen molar-refractivity contribution in [3.63, 3.8) is 0 Å². The highest BCUT2D eigenvalue weighted by atomic mass is 15.3. The Morgan fingerprint density at radius 1 is 1.18 bits per heavy atom. The predicted octanol–water partition coefficient (Wildman–Crippen LogP) is 4.17. The van der Waals surface area contributed by atoms with Gasteiger partial charge in [0.2, 0.25) is 5.95 Å². The van der Waals surface area contributed by atoms with Gasteiger partial charge in [0.1, 0.15) is 0 Å². The molecule has 0 unspecified atom stereocenters. The molecule has 4 rings (SSSR count). The van der Waals surface area contributed by atoms with Crippen LogP contribution in [0.15, 0.2) is 48.5 Å². The van der Waals surface area contributed by atoms with Crippen LogP contribution in [0.2, 0.25) is 0 Å². The molecular formula is C23H27N5. The number of hydrogen-bond donors (Lipinski definition) is 1. The summed E-state index contributed by atoms with van der Waals surface area (Å²) in [5.41, 5.74) is 10.1. The van der Waals surface area contributed by atoms with Crippen LogP contribution in [-0.4, -0.2) is 28.7 Å². The largest absolute Gasteiger partial charge is 0.341 e. The van der Waals surface area contributed by atoms with E-state index in [1.807, 2.05) is 19.9 Å². The average molecular weight is 374 g/mol. The Morgan fingerprint density at radius 2 is 1.93 bits per heavy atom. The molecule has 1 atom stereocenters. The summed E-state index contributed by atoms with van der Waals surface area (Å²) in [6.45, 7) is 13.9. The molecule has 5 heteroatoms. The summed E-state index contributed by atoms with van der Waals surface area (Å²) >= 11 is 0. The highest BCUT2D eigenvalue weighted by Crippen LogP contribution is 2.28. The van der Waals surface area contributed by atoms with E-state index in [4.69, 9.17) is 17.3 Å². The minimum Gasteiger partial charge on any atom is -0.341 e. The van der Waals surface area contributed by atoms with Crippen LogP contribution < -0.4 is 10.6 Å². The summed E-state index contributed by atoms with van der Waals surface area (Å²) in [4.78, 5) is 11.0. The van der Waals surface area contributed by atoms with Crippen LogP contribution >= 0.6 is 0 Å². The smallest absolute Gasteiger partial charge is 0.252 e. The average Bonchev–Trinajstić information content (AvgIpc) is 3.07. The van der Waals surface area contributed by atoms with E-state index < -0.39 is 5.54 Å². The normalized spacial score (nSPS) is 17.6. The van der Waals surface area contributed by atoms with Crippen molar-refractivity contribution >= 4 is 17.0 Å². The van der Waals surface area contributed by atoms with E-state index in [-0.39, 0.29) is 6.04 Å². The fourth-order valence-electron chi connectivity index (χ4n) is 3.92. The van der Waals surface area contributed by atoms with E-state index in [9.17, 15) is 0 Å². The Bertz CT molecular complexity index is 1010.